The molecule has 1 amide bonds. The van der Waals surface area contributed by atoms with E-state index in [1.54, 1.807) is 20.4 Å². The topological polar surface area (TPSA) is 60.5 Å². The smallest absolute Gasteiger partial charge is 0.229 e. The van der Waals surface area contributed by atoms with E-state index < -0.39 is 0 Å². The van der Waals surface area contributed by atoms with E-state index in [0.29, 0.717) is 11.3 Å². The molecule has 1 aromatic heterocycles. The number of para-hydroxylation sites is 1. The molecule has 5 heteroatoms. The maximum absolute atomic E-state index is 13.0. The van der Waals surface area contributed by atoms with E-state index in [-0.39, 0.29) is 12.3 Å². The number of methoxy groups -OCH3 is 2. The lowest BCUT2D eigenvalue weighted by atomic mass is 10.1. The van der Waals surface area contributed by atoms with Crippen LogP contribution in [0.4, 0.5) is 5.69 Å². The maximum Gasteiger partial charge on any atom is 0.229 e. The number of nitrogens with one attached hydrogen (secondary N) is 1. The second-order valence-electron chi connectivity index (χ2n) is 7.53. The highest BCUT2D eigenvalue weighted by atomic mass is 16.5. The highest BCUT2D eigenvalue weighted by molar-refractivity contribution is 6.01. The van der Waals surface area contributed by atoms with Gasteiger partial charge in [-0.25, -0.2) is 0 Å². The number of ether oxygens (including phenoxy) is 2. The zero-order chi connectivity index (χ0) is 23.8. The zero-order valence-electron chi connectivity index (χ0n) is 19.0. The minimum Gasteiger partial charge on any atom is -0.497 e. The molecule has 0 unspecified atom stereocenters. The van der Waals surface area contributed by atoms with Crippen LogP contribution < -0.4 is 14.8 Å². The molecule has 0 aliphatic carbocycles. The number of pyridine rings is 1. The number of nitrogens with zero attached hydrogens (tertiary/aromatic N) is 1. The van der Waals surface area contributed by atoms with E-state index in [4.69, 9.17) is 9.47 Å². The standard InChI is InChI=1S/C29H24N2O3/c1-33-25-14-10-21(11-15-25)8-9-23(19-22-12-16-26(34-2)17-13-22)20-28(32)31-27-7-3-5-24-6-4-18-30-29(24)27/h3-7,10-19H,20H2,1-2H3,(H,31,32)/b23-19-. The summed E-state index contributed by atoms with van der Waals surface area (Å²) in [5, 5.41) is 3.95. The average Bonchev–Trinajstić information content (AvgIpc) is 2.88. The number of carbonyl (C=O) groups is 1. The Bertz CT molecular complexity index is 1370. The van der Waals surface area contributed by atoms with Gasteiger partial charge in [0.05, 0.1) is 31.8 Å². The number of fused-ring (bicyclic) bond motifs is 1. The highest BCUT2D eigenvalue weighted by Crippen LogP contribution is 2.22. The first-order valence-corrected chi connectivity index (χ1v) is 10.8. The number of amides is 1. The molecule has 0 aliphatic heterocycles. The second kappa shape index (κ2) is 10.8. The summed E-state index contributed by atoms with van der Waals surface area (Å²) in [5.74, 6) is 7.68. The van der Waals surface area contributed by atoms with Gasteiger partial charge in [0, 0.05) is 22.7 Å². The van der Waals surface area contributed by atoms with Crippen LogP contribution in [0.15, 0.2) is 90.6 Å². The number of aromatic nitrogens is 1. The molecule has 0 bridgehead atoms. The molecule has 0 radical (unpaired) electrons. The number of anilines is 1. The number of benzene rings is 3. The van der Waals surface area contributed by atoms with Crippen molar-refractivity contribution in [2.75, 3.05) is 19.5 Å². The van der Waals surface area contributed by atoms with Gasteiger partial charge in [-0.15, -0.1) is 0 Å². The quantitative estimate of drug-likeness (QED) is 0.384. The Morgan fingerprint density at radius 3 is 2.29 bits per heavy atom. The predicted octanol–water partition coefficient (Wildman–Crippen LogP) is 5.72. The van der Waals surface area contributed by atoms with Crippen LogP contribution in [0.2, 0.25) is 0 Å². The summed E-state index contributed by atoms with van der Waals surface area (Å²) in [5.41, 5.74) is 3.88. The molecule has 0 aliphatic rings. The van der Waals surface area contributed by atoms with Crippen LogP contribution in [0, 0.1) is 11.8 Å². The van der Waals surface area contributed by atoms with Crippen molar-refractivity contribution in [3.05, 3.63) is 102 Å². The molecular formula is C29H24N2O3. The molecule has 34 heavy (non-hydrogen) atoms. The van der Waals surface area contributed by atoms with E-state index in [2.05, 4.69) is 22.1 Å². The molecule has 0 spiro atoms. The molecule has 4 aromatic rings. The fraction of sp³-hybridized carbons (Fsp3) is 0.103. The van der Waals surface area contributed by atoms with E-state index in [0.717, 1.165) is 33.5 Å². The molecule has 0 fully saturated rings. The van der Waals surface area contributed by atoms with Crippen LogP contribution in [-0.4, -0.2) is 25.1 Å². The molecule has 3 aromatic carbocycles. The van der Waals surface area contributed by atoms with Gasteiger partial charge in [0.15, 0.2) is 0 Å². The van der Waals surface area contributed by atoms with Crippen LogP contribution in [0.1, 0.15) is 17.5 Å². The van der Waals surface area contributed by atoms with Gasteiger partial charge >= 0.3 is 0 Å². The first-order chi connectivity index (χ1) is 16.6. The lowest BCUT2D eigenvalue weighted by molar-refractivity contribution is -0.115. The van der Waals surface area contributed by atoms with Gasteiger partial charge < -0.3 is 14.8 Å². The van der Waals surface area contributed by atoms with Crippen molar-refractivity contribution in [3.8, 4) is 23.3 Å². The fourth-order valence-corrected chi connectivity index (χ4v) is 3.43. The predicted molar refractivity (Wildman–Crippen MR) is 136 cm³/mol. The van der Waals surface area contributed by atoms with Crippen molar-refractivity contribution < 1.29 is 14.3 Å². The van der Waals surface area contributed by atoms with E-state index in [1.807, 2.05) is 84.9 Å². The lowest BCUT2D eigenvalue weighted by Gasteiger charge is -2.08. The van der Waals surface area contributed by atoms with Crippen molar-refractivity contribution in [2.24, 2.45) is 0 Å². The molecular weight excluding hydrogens is 424 g/mol. The maximum atomic E-state index is 13.0. The summed E-state index contributed by atoms with van der Waals surface area (Å²) in [4.78, 5) is 17.4. The lowest BCUT2D eigenvalue weighted by Crippen LogP contribution is -2.12. The Labute approximate surface area is 199 Å². The Balaban J connectivity index is 1.59. The van der Waals surface area contributed by atoms with Gasteiger partial charge in [0.1, 0.15) is 11.5 Å². The molecule has 168 valence electrons. The van der Waals surface area contributed by atoms with Crippen LogP contribution in [0.25, 0.3) is 17.0 Å². The van der Waals surface area contributed by atoms with Crippen molar-refractivity contribution in [1.29, 1.82) is 0 Å². The molecule has 4 rings (SSSR count). The third-order valence-corrected chi connectivity index (χ3v) is 5.17. The second-order valence-corrected chi connectivity index (χ2v) is 7.53. The summed E-state index contributed by atoms with van der Waals surface area (Å²) in [6.07, 6.45) is 3.75. The van der Waals surface area contributed by atoms with Gasteiger partial charge in [0.25, 0.3) is 0 Å². The molecule has 1 N–H and O–H groups in total. The number of rotatable bonds is 6. The number of hydrogen-bond acceptors (Lipinski definition) is 4. The summed E-state index contributed by atoms with van der Waals surface area (Å²) in [6.45, 7) is 0. The summed E-state index contributed by atoms with van der Waals surface area (Å²) in [6, 6.07) is 24.7. The molecule has 1 heterocycles. The molecule has 0 atom stereocenters. The van der Waals surface area contributed by atoms with Crippen LogP contribution in [0.5, 0.6) is 11.5 Å². The Kier molecular flexibility index (Phi) is 7.22. The summed E-state index contributed by atoms with van der Waals surface area (Å²) < 4.78 is 10.4. The number of carbonyl (C=O) groups excluding carboxylic acids is 1. The largest absolute Gasteiger partial charge is 0.497 e. The Morgan fingerprint density at radius 1 is 0.912 bits per heavy atom. The van der Waals surface area contributed by atoms with Crippen LogP contribution >= 0.6 is 0 Å². The highest BCUT2D eigenvalue weighted by Gasteiger charge is 2.09. The average molecular weight is 449 g/mol. The third kappa shape index (κ3) is 5.81. The fourth-order valence-electron chi connectivity index (χ4n) is 3.43. The monoisotopic (exact) mass is 448 g/mol. The van der Waals surface area contributed by atoms with E-state index in [9.17, 15) is 4.79 Å². The van der Waals surface area contributed by atoms with E-state index >= 15 is 0 Å². The molecule has 0 saturated carbocycles. The van der Waals surface area contributed by atoms with Gasteiger partial charge in [-0.1, -0.05) is 42.2 Å². The van der Waals surface area contributed by atoms with Crippen LogP contribution in [-0.2, 0) is 4.79 Å². The van der Waals surface area contributed by atoms with Crippen molar-refractivity contribution in [2.45, 2.75) is 6.42 Å². The van der Waals surface area contributed by atoms with Gasteiger partial charge in [-0.3, -0.25) is 9.78 Å². The van der Waals surface area contributed by atoms with Crippen molar-refractivity contribution >= 4 is 28.6 Å². The van der Waals surface area contributed by atoms with Gasteiger partial charge in [-0.05, 0) is 60.2 Å². The number of hydrogen-bond donors (Lipinski definition) is 1. The van der Waals surface area contributed by atoms with Crippen molar-refractivity contribution in [1.82, 2.24) is 4.98 Å². The minimum atomic E-state index is -0.165. The first-order valence-electron chi connectivity index (χ1n) is 10.8. The van der Waals surface area contributed by atoms with E-state index in [1.165, 1.54) is 0 Å². The zero-order valence-corrected chi connectivity index (χ0v) is 19.0. The van der Waals surface area contributed by atoms with Gasteiger partial charge in [0.2, 0.25) is 5.91 Å². The summed E-state index contributed by atoms with van der Waals surface area (Å²) in [7, 11) is 3.25. The minimum absolute atomic E-state index is 0.123. The third-order valence-electron chi connectivity index (χ3n) is 5.17. The molecule has 5 nitrogen and oxygen atoms in total. The first kappa shape index (κ1) is 22.6. The SMILES string of the molecule is COc1ccc(C#C/C(=C/c2ccc(OC)cc2)CC(=O)Nc2cccc3cccnc23)cc1. The Hall–Kier alpha value is -4.56. The Morgan fingerprint density at radius 2 is 1.59 bits per heavy atom. The molecule has 0 saturated heterocycles. The summed E-state index contributed by atoms with van der Waals surface area (Å²) >= 11 is 0. The van der Waals surface area contributed by atoms with Gasteiger partial charge in [-0.2, -0.15) is 0 Å². The van der Waals surface area contributed by atoms with Crippen molar-refractivity contribution in [3.63, 3.8) is 0 Å². The van der Waals surface area contributed by atoms with Crippen LogP contribution in [0.3, 0.4) is 0 Å². The normalized spacial score (nSPS) is 10.8.